The van der Waals surface area contributed by atoms with Crippen LogP contribution in [0.5, 0.6) is 0 Å². The molecule has 2 N–H and O–H groups in total. The number of carbonyl (C=O) groups is 2. The maximum atomic E-state index is 13.6. The Morgan fingerprint density at radius 2 is 1.81 bits per heavy atom. The Kier molecular flexibility index (Phi) is 6.92. The molecule has 1 aliphatic carbocycles. The number of hydrogen-bond acceptors (Lipinski definition) is 3. The standard InChI is InChI=1S/C25H35N3O2.ClH/c29-22-11-7-10-21-18-14-19(16-26-15-18)23(28(21)22)24(30)27-17-25(12-5-2-6-13-25)20-8-3-1-4-9-20;/h1,3-4,8-9,18-19,21,23,26H,2,5-7,10-17H2,(H,27,30);1H/t18-,19+,21+,23-;/m1./s1. The molecule has 0 spiro atoms. The van der Waals surface area contributed by atoms with Gasteiger partial charge in [0.2, 0.25) is 11.8 Å². The molecule has 2 amide bonds. The summed E-state index contributed by atoms with van der Waals surface area (Å²) in [6.45, 7) is 2.51. The maximum Gasteiger partial charge on any atom is 0.243 e. The lowest BCUT2D eigenvalue weighted by Gasteiger charge is -2.54. The third-order valence-corrected chi connectivity index (χ3v) is 8.31. The molecule has 0 unspecified atom stereocenters. The first-order valence-corrected chi connectivity index (χ1v) is 12.0. The van der Waals surface area contributed by atoms with E-state index in [1.807, 2.05) is 4.90 Å². The number of rotatable bonds is 4. The summed E-state index contributed by atoms with van der Waals surface area (Å²) in [6.07, 6.45) is 9.65. The monoisotopic (exact) mass is 445 g/mol. The number of carbonyl (C=O) groups excluding carboxylic acids is 2. The molecule has 6 heteroatoms. The fraction of sp³-hybridized carbons (Fsp3) is 0.680. The summed E-state index contributed by atoms with van der Waals surface area (Å²) < 4.78 is 0. The topological polar surface area (TPSA) is 61.4 Å². The van der Waals surface area contributed by atoms with Crippen LogP contribution in [0, 0.1) is 11.8 Å². The first-order chi connectivity index (χ1) is 14.7. The van der Waals surface area contributed by atoms with E-state index in [-0.39, 0.29) is 47.6 Å². The van der Waals surface area contributed by atoms with Crippen molar-refractivity contribution in [1.82, 2.24) is 15.5 Å². The Morgan fingerprint density at radius 1 is 1.06 bits per heavy atom. The summed E-state index contributed by atoms with van der Waals surface area (Å²) in [5, 5.41) is 6.90. The fourth-order valence-corrected chi connectivity index (χ4v) is 6.80. The van der Waals surface area contributed by atoms with Crippen LogP contribution >= 0.6 is 12.4 Å². The molecule has 0 radical (unpaired) electrons. The molecule has 2 bridgehead atoms. The number of piperidine rings is 3. The van der Waals surface area contributed by atoms with Crippen molar-refractivity contribution >= 4 is 24.2 Å². The second-order valence-corrected chi connectivity index (χ2v) is 10.0. The van der Waals surface area contributed by atoms with Crippen LogP contribution in [-0.2, 0) is 15.0 Å². The summed E-state index contributed by atoms with van der Waals surface area (Å²) in [6, 6.07) is 10.7. The largest absolute Gasteiger partial charge is 0.353 e. The predicted molar refractivity (Wildman–Crippen MR) is 124 cm³/mol. The van der Waals surface area contributed by atoms with Gasteiger partial charge in [0.15, 0.2) is 0 Å². The zero-order chi connectivity index (χ0) is 20.6. The predicted octanol–water partition coefficient (Wildman–Crippen LogP) is 3.42. The molecule has 4 atom stereocenters. The Labute approximate surface area is 192 Å². The Balaban J connectivity index is 0.00000231. The molecule has 5 rings (SSSR count). The van der Waals surface area contributed by atoms with Crippen LogP contribution < -0.4 is 10.6 Å². The quantitative estimate of drug-likeness (QED) is 0.746. The third kappa shape index (κ3) is 4.23. The van der Waals surface area contributed by atoms with Gasteiger partial charge in [0.05, 0.1) is 0 Å². The molecule has 1 aromatic carbocycles. The van der Waals surface area contributed by atoms with Gasteiger partial charge in [0.1, 0.15) is 6.04 Å². The number of nitrogens with zero attached hydrogens (tertiary/aromatic N) is 1. The van der Waals surface area contributed by atoms with Crippen molar-refractivity contribution in [1.29, 1.82) is 0 Å². The molecule has 0 aromatic heterocycles. The molecular formula is C25H36ClN3O2. The fourth-order valence-electron chi connectivity index (χ4n) is 6.80. The van der Waals surface area contributed by atoms with Crippen molar-refractivity contribution in [3.8, 4) is 0 Å². The van der Waals surface area contributed by atoms with E-state index in [0.29, 0.717) is 18.9 Å². The van der Waals surface area contributed by atoms with Crippen molar-refractivity contribution in [3.05, 3.63) is 35.9 Å². The van der Waals surface area contributed by atoms with E-state index in [1.54, 1.807) is 0 Å². The molecular weight excluding hydrogens is 410 g/mol. The van der Waals surface area contributed by atoms with E-state index < -0.39 is 0 Å². The molecule has 1 saturated carbocycles. The number of hydrogen-bond donors (Lipinski definition) is 2. The average molecular weight is 446 g/mol. The number of nitrogens with one attached hydrogen (secondary N) is 2. The normalized spacial score (nSPS) is 31.9. The second-order valence-electron chi connectivity index (χ2n) is 10.0. The van der Waals surface area contributed by atoms with Gasteiger partial charge in [-0.2, -0.15) is 0 Å². The lowest BCUT2D eigenvalue weighted by Crippen LogP contribution is -2.68. The van der Waals surface area contributed by atoms with Crippen molar-refractivity contribution in [3.63, 3.8) is 0 Å². The van der Waals surface area contributed by atoms with Gasteiger partial charge < -0.3 is 15.5 Å². The summed E-state index contributed by atoms with van der Waals surface area (Å²) in [4.78, 5) is 28.5. The maximum absolute atomic E-state index is 13.6. The van der Waals surface area contributed by atoms with Gasteiger partial charge in [0, 0.05) is 36.9 Å². The van der Waals surface area contributed by atoms with Gasteiger partial charge in [0.25, 0.3) is 0 Å². The molecule has 5 nitrogen and oxygen atoms in total. The third-order valence-electron chi connectivity index (χ3n) is 8.31. The van der Waals surface area contributed by atoms with Gasteiger partial charge in [-0.15, -0.1) is 12.4 Å². The Hall–Kier alpha value is -1.59. The summed E-state index contributed by atoms with van der Waals surface area (Å²) in [5.74, 6) is 1.01. The van der Waals surface area contributed by atoms with Gasteiger partial charge >= 0.3 is 0 Å². The van der Waals surface area contributed by atoms with Gasteiger partial charge in [-0.05, 0) is 50.1 Å². The molecule has 31 heavy (non-hydrogen) atoms. The van der Waals surface area contributed by atoms with Crippen molar-refractivity contribution < 1.29 is 9.59 Å². The smallest absolute Gasteiger partial charge is 0.243 e. The van der Waals surface area contributed by atoms with Crippen LogP contribution in [-0.4, -0.2) is 48.4 Å². The van der Waals surface area contributed by atoms with Crippen LogP contribution in [0.3, 0.4) is 0 Å². The Morgan fingerprint density at radius 3 is 2.58 bits per heavy atom. The highest BCUT2D eigenvalue weighted by Gasteiger charge is 2.50. The van der Waals surface area contributed by atoms with E-state index in [1.165, 1.54) is 24.8 Å². The number of halogens is 1. The van der Waals surface area contributed by atoms with E-state index >= 15 is 0 Å². The lowest BCUT2D eigenvalue weighted by molar-refractivity contribution is -0.157. The first-order valence-electron chi connectivity index (χ1n) is 12.0. The zero-order valence-corrected chi connectivity index (χ0v) is 19.2. The van der Waals surface area contributed by atoms with Gasteiger partial charge in [-0.3, -0.25) is 9.59 Å². The highest BCUT2D eigenvalue weighted by molar-refractivity contribution is 5.89. The minimum absolute atomic E-state index is 0. The Bertz CT molecular complexity index is 780. The first kappa shape index (κ1) is 22.6. The van der Waals surface area contributed by atoms with E-state index in [0.717, 1.165) is 45.2 Å². The summed E-state index contributed by atoms with van der Waals surface area (Å²) in [7, 11) is 0. The summed E-state index contributed by atoms with van der Waals surface area (Å²) >= 11 is 0. The van der Waals surface area contributed by atoms with Crippen LogP contribution in [0.15, 0.2) is 30.3 Å². The lowest BCUT2D eigenvalue weighted by atomic mass is 9.69. The molecule has 4 aliphatic rings. The summed E-state index contributed by atoms with van der Waals surface area (Å²) in [5.41, 5.74) is 1.38. The van der Waals surface area contributed by atoms with E-state index in [9.17, 15) is 9.59 Å². The molecule has 170 valence electrons. The minimum Gasteiger partial charge on any atom is -0.353 e. The molecule has 4 fully saturated rings. The average Bonchev–Trinajstić information content (AvgIpc) is 2.80. The molecule has 3 saturated heterocycles. The van der Waals surface area contributed by atoms with E-state index in [4.69, 9.17) is 0 Å². The SMILES string of the molecule is Cl.O=C(NCC1(c2ccccc2)CCCCC1)[C@H]1[C@@H]2CNC[C@@H](C2)[C@@H]2CCCC(=O)N21. The molecule has 1 aromatic rings. The van der Waals surface area contributed by atoms with Gasteiger partial charge in [-0.25, -0.2) is 0 Å². The second kappa shape index (κ2) is 9.50. The van der Waals surface area contributed by atoms with Crippen molar-refractivity contribution in [2.24, 2.45) is 11.8 Å². The number of fused-ring (bicyclic) bond motifs is 4. The molecule has 3 heterocycles. The highest BCUT2D eigenvalue weighted by Crippen LogP contribution is 2.41. The molecule has 3 aliphatic heterocycles. The van der Waals surface area contributed by atoms with E-state index in [2.05, 4.69) is 41.0 Å². The number of amides is 2. The zero-order valence-electron chi connectivity index (χ0n) is 18.4. The van der Waals surface area contributed by atoms with Crippen LogP contribution in [0.25, 0.3) is 0 Å². The van der Waals surface area contributed by atoms with Crippen molar-refractivity contribution in [2.75, 3.05) is 19.6 Å². The van der Waals surface area contributed by atoms with Crippen LogP contribution in [0.1, 0.15) is 63.4 Å². The van der Waals surface area contributed by atoms with Crippen LogP contribution in [0.4, 0.5) is 0 Å². The minimum atomic E-state index is -0.303. The highest BCUT2D eigenvalue weighted by atomic mass is 35.5. The van der Waals surface area contributed by atoms with Crippen molar-refractivity contribution in [2.45, 2.75) is 75.3 Å². The van der Waals surface area contributed by atoms with Crippen LogP contribution in [0.2, 0.25) is 0 Å². The number of benzene rings is 1. The van der Waals surface area contributed by atoms with Gasteiger partial charge in [-0.1, -0.05) is 49.6 Å².